The predicted octanol–water partition coefficient (Wildman–Crippen LogP) is 3.44. The van der Waals surface area contributed by atoms with Crippen LogP contribution in [0.25, 0.3) is 0 Å². The van der Waals surface area contributed by atoms with Crippen molar-refractivity contribution in [2.75, 3.05) is 0 Å². The molecule has 5 heteroatoms. The Kier molecular flexibility index (Phi) is 4.12. The highest BCUT2D eigenvalue weighted by Crippen LogP contribution is 2.12. The fourth-order valence-electron chi connectivity index (χ4n) is 1.52. The van der Waals surface area contributed by atoms with E-state index in [1.807, 2.05) is 10.7 Å². The first-order valence-corrected chi connectivity index (χ1v) is 6.64. The molecule has 16 heavy (non-hydrogen) atoms. The second-order valence-electron chi connectivity index (χ2n) is 3.46. The van der Waals surface area contributed by atoms with E-state index in [-0.39, 0.29) is 0 Å². The third-order valence-electron chi connectivity index (χ3n) is 2.28. The SMILES string of the molecule is Brc1nc(Br)n(CCCc2ccccc2)n1. The third-order valence-corrected chi connectivity index (χ3v) is 3.20. The lowest BCUT2D eigenvalue weighted by Crippen LogP contribution is -2.02. The van der Waals surface area contributed by atoms with Gasteiger partial charge in [0.25, 0.3) is 0 Å². The number of rotatable bonds is 4. The number of aryl methyl sites for hydroxylation is 2. The minimum absolute atomic E-state index is 0.624. The van der Waals surface area contributed by atoms with Crippen molar-refractivity contribution in [3.63, 3.8) is 0 Å². The molecule has 1 aromatic carbocycles. The molecule has 2 rings (SSSR count). The van der Waals surface area contributed by atoms with Gasteiger partial charge in [-0.15, -0.1) is 5.10 Å². The fourth-order valence-corrected chi connectivity index (χ4v) is 2.54. The number of benzene rings is 1. The molecule has 0 aliphatic heterocycles. The first-order chi connectivity index (χ1) is 7.75. The van der Waals surface area contributed by atoms with Gasteiger partial charge < -0.3 is 0 Å². The van der Waals surface area contributed by atoms with Crippen molar-refractivity contribution in [1.29, 1.82) is 0 Å². The topological polar surface area (TPSA) is 30.7 Å². The fraction of sp³-hybridized carbons (Fsp3) is 0.273. The van der Waals surface area contributed by atoms with Crippen molar-refractivity contribution in [3.05, 3.63) is 45.4 Å². The van der Waals surface area contributed by atoms with E-state index >= 15 is 0 Å². The molecule has 0 atom stereocenters. The zero-order valence-corrected chi connectivity index (χ0v) is 11.8. The second-order valence-corrected chi connectivity index (χ2v) is 4.88. The van der Waals surface area contributed by atoms with Crippen LogP contribution in [-0.4, -0.2) is 14.8 Å². The molecule has 1 aromatic heterocycles. The van der Waals surface area contributed by atoms with Gasteiger partial charge in [0, 0.05) is 6.54 Å². The maximum atomic E-state index is 4.22. The van der Waals surface area contributed by atoms with Crippen LogP contribution in [0.4, 0.5) is 0 Å². The van der Waals surface area contributed by atoms with Gasteiger partial charge in [-0.2, -0.15) is 4.98 Å². The Morgan fingerprint density at radius 2 is 1.88 bits per heavy atom. The van der Waals surface area contributed by atoms with Gasteiger partial charge >= 0.3 is 0 Å². The lowest BCUT2D eigenvalue weighted by atomic mass is 10.1. The van der Waals surface area contributed by atoms with Crippen molar-refractivity contribution in [2.24, 2.45) is 0 Å². The van der Waals surface area contributed by atoms with Crippen molar-refractivity contribution < 1.29 is 0 Å². The zero-order valence-electron chi connectivity index (χ0n) is 8.61. The monoisotopic (exact) mass is 343 g/mol. The van der Waals surface area contributed by atoms with Gasteiger partial charge in [0.15, 0.2) is 4.73 Å². The summed E-state index contributed by atoms with van der Waals surface area (Å²) in [5.41, 5.74) is 1.36. The molecule has 0 radical (unpaired) electrons. The molecule has 0 unspecified atom stereocenters. The van der Waals surface area contributed by atoms with Crippen LogP contribution >= 0.6 is 31.9 Å². The van der Waals surface area contributed by atoms with E-state index in [4.69, 9.17) is 0 Å². The van der Waals surface area contributed by atoms with Gasteiger partial charge in [-0.3, -0.25) is 0 Å². The van der Waals surface area contributed by atoms with Crippen LogP contribution in [0.2, 0.25) is 0 Å². The molecule has 1 heterocycles. The molecule has 0 bridgehead atoms. The summed E-state index contributed by atoms with van der Waals surface area (Å²) in [7, 11) is 0. The molecule has 0 aliphatic carbocycles. The normalized spacial score (nSPS) is 10.6. The molecule has 0 fully saturated rings. The van der Waals surface area contributed by atoms with Crippen molar-refractivity contribution in [3.8, 4) is 0 Å². The highest BCUT2D eigenvalue weighted by molar-refractivity contribution is 9.11. The first kappa shape index (κ1) is 11.8. The maximum Gasteiger partial charge on any atom is 0.218 e. The van der Waals surface area contributed by atoms with Crippen molar-refractivity contribution in [1.82, 2.24) is 14.8 Å². The zero-order chi connectivity index (χ0) is 11.4. The van der Waals surface area contributed by atoms with E-state index in [1.54, 1.807) is 0 Å². The van der Waals surface area contributed by atoms with Crippen LogP contribution in [0.3, 0.4) is 0 Å². The van der Waals surface area contributed by atoms with Crippen LogP contribution in [0.1, 0.15) is 12.0 Å². The predicted molar refractivity (Wildman–Crippen MR) is 70.2 cm³/mol. The summed E-state index contributed by atoms with van der Waals surface area (Å²) in [6.07, 6.45) is 2.11. The summed E-state index contributed by atoms with van der Waals surface area (Å²) < 4.78 is 3.25. The number of aromatic nitrogens is 3. The van der Waals surface area contributed by atoms with Gasteiger partial charge in [0.05, 0.1) is 0 Å². The second kappa shape index (κ2) is 5.59. The van der Waals surface area contributed by atoms with Gasteiger partial charge in [-0.25, -0.2) is 4.68 Å². The summed E-state index contributed by atoms with van der Waals surface area (Å²) >= 11 is 6.61. The number of hydrogen-bond acceptors (Lipinski definition) is 2. The lowest BCUT2D eigenvalue weighted by Gasteiger charge is -2.02. The quantitative estimate of drug-likeness (QED) is 0.850. The van der Waals surface area contributed by atoms with E-state index in [0.717, 1.165) is 24.1 Å². The van der Waals surface area contributed by atoms with E-state index in [1.165, 1.54) is 5.56 Å². The molecule has 0 amide bonds. The Bertz CT molecular complexity index is 454. The molecule has 2 aromatic rings. The number of halogens is 2. The molecule has 0 N–H and O–H groups in total. The molecular formula is C11H11Br2N3. The van der Waals surface area contributed by atoms with E-state index in [2.05, 4.69) is 66.2 Å². The average Bonchev–Trinajstić information content (AvgIpc) is 2.59. The summed E-state index contributed by atoms with van der Waals surface area (Å²) in [4.78, 5) is 4.12. The van der Waals surface area contributed by atoms with Gasteiger partial charge in [-0.05, 0) is 50.3 Å². The highest BCUT2D eigenvalue weighted by Gasteiger charge is 2.04. The van der Waals surface area contributed by atoms with Gasteiger partial charge in [0.2, 0.25) is 4.73 Å². The largest absolute Gasteiger partial charge is 0.239 e. The van der Waals surface area contributed by atoms with Crippen LogP contribution < -0.4 is 0 Å². The number of hydrogen-bond donors (Lipinski definition) is 0. The Balaban J connectivity index is 1.87. The minimum atomic E-state index is 0.624. The van der Waals surface area contributed by atoms with E-state index in [9.17, 15) is 0 Å². The van der Waals surface area contributed by atoms with Gasteiger partial charge in [0.1, 0.15) is 0 Å². The lowest BCUT2D eigenvalue weighted by molar-refractivity contribution is 0.564. The van der Waals surface area contributed by atoms with Crippen LogP contribution in [0.5, 0.6) is 0 Å². The molecule has 3 nitrogen and oxygen atoms in total. The highest BCUT2D eigenvalue weighted by atomic mass is 79.9. The van der Waals surface area contributed by atoms with Crippen LogP contribution in [0.15, 0.2) is 39.8 Å². The van der Waals surface area contributed by atoms with E-state index < -0.39 is 0 Å². The molecular weight excluding hydrogens is 334 g/mol. The van der Waals surface area contributed by atoms with Gasteiger partial charge in [-0.1, -0.05) is 30.3 Å². The van der Waals surface area contributed by atoms with Crippen LogP contribution in [-0.2, 0) is 13.0 Å². The summed E-state index contributed by atoms with van der Waals surface area (Å²) in [5.74, 6) is 0. The average molecular weight is 345 g/mol. The number of nitrogens with zero attached hydrogens (tertiary/aromatic N) is 3. The van der Waals surface area contributed by atoms with Crippen molar-refractivity contribution >= 4 is 31.9 Å². The Morgan fingerprint density at radius 1 is 1.12 bits per heavy atom. The standard InChI is InChI=1S/C11H11Br2N3/c12-10-14-11(13)16(15-10)8-4-7-9-5-2-1-3-6-9/h1-3,5-6H,4,7-8H2. The molecule has 0 saturated heterocycles. The Labute approximate surface area is 111 Å². The molecule has 0 saturated carbocycles. The molecule has 0 aliphatic rings. The molecule has 0 spiro atoms. The summed E-state index contributed by atoms with van der Waals surface area (Å²) in [6.45, 7) is 0.869. The summed E-state index contributed by atoms with van der Waals surface area (Å²) in [5, 5.41) is 4.22. The third kappa shape index (κ3) is 3.15. The Morgan fingerprint density at radius 3 is 2.50 bits per heavy atom. The first-order valence-electron chi connectivity index (χ1n) is 5.05. The molecule has 84 valence electrons. The van der Waals surface area contributed by atoms with Crippen molar-refractivity contribution in [2.45, 2.75) is 19.4 Å². The summed E-state index contributed by atoms with van der Waals surface area (Å²) in [6, 6.07) is 10.5. The van der Waals surface area contributed by atoms with Crippen LogP contribution in [0, 0.1) is 0 Å². The maximum absolute atomic E-state index is 4.22. The Hall–Kier alpha value is -0.680. The minimum Gasteiger partial charge on any atom is -0.239 e. The van der Waals surface area contributed by atoms with E-state index in [0.29, 0.717) is 4.73 Å². The smallest absolute Gasteiger partial charge is 0.218 e.